The Bertz CT molecular complexity index is 935. The summed E-state index contributed by atoms with van der Waals surface area (Å²) in [5.74, 6) is -0.219. The number of benzene rings is 1. The molecule has 1 N–H and O–H groups in total. The highest BCUT2D eigenvalue weighted by Gasteiger charge is 2.13. The largest absolute Gasteiger partial charge is 0.481 e. The summed E-state index contributed by atoms with van der Waals surface area (Å²) >= 11 is 5.85. The molecule has 23 heavy (non-hydrogen) atoms. The molecule has 7 heteroatoms. The van der Waals surface area contributed by atoms with Crippen molar-refractivity contribution in [3.63, 3.8) is 0 Å². The van der Waals surface area contributed by atoms with Crippen LogP contribution in [0.1, 0.15) is 10.6 Å². The first-order chi connectivity index (χ1) is 11.1. The van der Waals surface area contributed by atoms with Crippen LogP contribution in [0.2, 0.25) is 5.02 Å². The van der Waals surface area contributed by atoms with Gasteiger partial charge in [-0.3, -0.25) is 9.59 Å². The number of hydrogen-bond acceptors (Lipinski definition) is 5. The van der Waals surface area contributed by atoms with Gasteiger partial charge in [-0.15, -0.1) is 0 Å². The summed E-state index contributed by atoms with van der Waals surface area (Å²) in [7, 11) is 1.50. The van der Waals surface area contributed by atoms with Gasteiger partial charge in [-0.05, 0) is 24.3 Å². The number of carbonyl (C=O) groups is 1. The van der Waals surface area contributed by atoms with Crippen molar-refractivity contribution in [1.82, 2.24) is 4.98 Å². The monoisotopic (exact) mass is 330 g/mol. The quantitative estimate of drug-likeness (QED) is 0.798. The summed E-state index contributed by atoms with van der Waals surface area (Å²) < 4.78 is 10.4. The Labute approximate surface area is 135 Å². The van der Waals surface area contributed by atoms with Gasteiger partial charge >= 0.3 is 0 Å². The van der Waals surface area contributed by atoms with Gasteiger partial charge < -0.3 is 14.5 Å². The number of rotatable bonds is 3. The fourth-order valence-electron chi connectivity index (χ4n) is 2.01. The fraction of sp³-hybridized carbons (Fsp3) is 0.0625. The molecule has 0 radical (unpaired) electrons. The third-order valence-corrected chi connectivity index (χ3v) is 3.35. The number of methoxy groups -OCH3 is 1. The summed E-state index contributed by atoms with van der Waals surface area (Å²) in [6.07, 6.45) is 1.44. The minimum Gasteiger partial charge on any atom is -0.481 e. The van der Waals surface area contributed by atoms with Crippen molar-refractivity contribution in [1.29, 1.82) is 0 Å². The molecule has 0 atom stereocenters. The molecule has 6 nitrogen and oxygen atoms in total. The number of nitrogens with zero attached hydrogens (tertiary/aromatic N) is 1. The molecule has 0 spiro atoms. The lowest BCUT2D eigenvalue weighted by atomic mass is 10.2. The second-order valence-corrected chi connectivity index (χ2v) is 5.10. The topological polar surface area (TPSA) is 81.4 Å². The first kappa shape index (κ1) is 15.1. The van der Waals surface area contributed by atoms with Crippen LogP contribution >= 0.6 is 11.6 Å². The summed E-state index contributed by atoms with van der Waals surface area (Å²) in [5, 5.41) is 3.34. The van der Waals surface area contributed by atoms with E-state index in [1.54, 1.807) is 24.3 Å². The van der Waals surface area contributed by atoms with Gasteiger partial charge in [-0.1, -0.05) is 11.6 Å². The second-order valence-electron chi connectivity index (χ2n) is 4.66. The second kappa shape index (κ2) is 6.10. The van der Waals surface area contributed by atoms with Crippen molar-refractivity contribution in [2.75, 3.05) is 12.4 Å². The summed E-state index contributed by atoms with van der Waals surface area (Å²) in [4.78, 5) is 28.2. The first-order valence-electron chi connectivity index (χ1n) is 6.61. The van der Waals surface area contributed by atoms with E-state index in [0.717, 1.165) is 6.07 Å². The maximum Gasteiger partial charge on any atom is 0.291 e. The highest BCUT2D eigenvalue weighted by Crippen LogP contribution is 2.18. The molecule has 2 aromatic heterocycles. The Morgan fingerprint density at radius 3 is 2.78 bits per heavy atom. The standard InChI is InChI=1S/C16H11ClN2O4/c1-22-15-5-3-10(8-18-15)19-16(21)14-7-12(20)11-6-9(17)2-4-13(11)23-14/h2-8H,1H3,(H,19,21). The van der Waals surface area contributed by atoms with E-state index in [0.29, 0.717) is 27.6 Å². The van der Waals surface area contributed by atoms with E-state index >= 15 is 0 Å². The number of anilines is 1. The van der Waals surface area contributed by atoms with Crippen LogP contribution < -0.4 is 15.5 Å². The van der Waals surface area contributed by atoms with E-state index in [2.05, 4.69) is 10.3 Å². The maximum absolute atomic E-state index is 12.2. The minimum atomic E-state index is -0.550. The van der Waals surface area contributed by atoms with E-state index in [-0.39, 0.29) is 11.2 Å². The number of amides is 1. The summed E-state index contributed by atoms with van der Waals surface area (Å²) in [5.41, 5.74) is 0.404. The molecule has 0 bridgehead atoms. The molecule has 3 rings (SSSR count). The van der Waals surface area contributed by atoms with Crippen molar-refractivity contribution in [3.05, 3.63) is 63.6 Å². The molecule has 116 valence electrons. The molecule has 3 aromatic rings. The van der Waals surface area contributed by atoms with E-state index in [1.165, 1.54) is 19.4 Å². The van der Waals surface area contributed by atoms with Gasteiger partial charge in [0.1, 0.15) is 5.58 Å². The number of ether oxygens (including phenoxy) is 1. The van der Waals surface area contributed by atoms with Crippen molar-refractivity contribution >= 4 is 34.2 Å². The van der Waals surface area contributed by atoms with Crippen LogP contribution in [-0.2, 0) is 0 Å². The SMILES string of the molecule is COc1ccc(NC(=O)c2cc(=O)c3cc(Cl)ccc3o2)cn1. The average molecular weight is 331 g/mol. The summed E-state index contributed by atoms with van der Waals surface area (Å²) in [6.45, 7) is 0. The number of hydrogen-bond donors (Lipinski definition) is 1. The molecule has 1 amide bonds. The smallest absolute Gasteiger partial charge is 0.291 e. The predicted octanol–water partition coefficient (Wildman–Crippen LogP) is 3.10. The number of carbonyl (C=O) groups excluding carboxylic acids is 1. The number of fused-ring (bicyclic) bond motifs is 1. The third kappa shape index (κ3) is 3.17. The van der Waals surface area contributed by atoms with Gasteiger partial charge in [0, 0.05) is 17.2 Å². The predicted molar refractivity (Wildman–Crippen MR) is 86.2 cm³/mol. The van der Waals surface area contributed by atoms with Crippen molar-refractivity contribution in [2.24, 2.45) is 0 Å². The number of halogens is 1. The molecule has 0 saturated carbocycles. The van der Waals surface area contributed by atoms with Crippen LogP contribution in [0.15, 0.2) is 51.8 Å². The zero-order valence-electron chi connectivity index (χ0n) is 12.0. The van der Waals surface area contributed by atoms with E-state index in [1.807, 2.05) is 0 Å². The van der Waals surface area contributed by atoms with Gasteiger partial charge in [0.05, 0.1) is 24.4 Å². The zero-order valence-corrected chi connectivity index (χ0v) is 12.8. The Morgan fingerprint density at radius 2 is 2.09 bits per heavy atom. The number of pyridine rings is 1. The molecule has 1 aromatic carbocycles. The Kier molecular flexibility index (Phi) is 3.99. The zero-order chi connectivity index (χ0) is 16.4. The van der Waals surface area contributed by atoms with E-state index in [4.69, 9.17) is 20.8 Å². The number of aromatic nitrogens is 1. The van der Waals surface area contributed by atoms with Gasteiger partial charge in [-0.25, -0.2) is 4.98 Å². The first-order valence-corrected chi connectivity index (χ1v) is 6.99. The molecule has 0 fully saturated rings. The van der Waals surface area contributed by atoms with Crippen molar-refractivity contribution < 1.29 is 13.9 Å². The molecule has 2 heterocycles. The van der Waals surface area contributed by atoms with Crippen LogP contribution in [0.25, 0.3) is 11.0 Å². The minimum absolute atomic E-state index is 0.0966. The molecule has 0 aliphatic carbocycles. The fourth-order valence-corrected chi connectivity index (χ4v) is 2.18. The lowest BCUT2D eigenvalue weighted by molar-refractivity contribution is 0.0997. The lowest BCUT2D eigenvalue weighted by Crippen LogP contribution is -2.15. The normalized spacial score (nSPS) is 10.5. The average Bonchev–Trinajstić information content (AvgIpc) is 2.56. The highest BCUT2D eigenvalue weighted by molar-refractivity contribution is 6.31. The molecule has 0 unspecified atom stereocenters. The van der Waals surface area contributed by atoms with Crippen molar-refractivity contribution in [3.8, 4) is 5.88 Å². The molecular formula is C16H11ClN2O4. The van der Waals surface area contributed by atoms with E-state index < -0.39 is 5.91 Å². The van der Waals surface area contributed by atoms with Crippen LogP contribution in [0.3, 0.4) is 0 Å². The number of nitrogens with one attached hydrogen (secondary N) is 1. The Morgan fingerprint density at radius 1 is 1.26 bits per heavy atom. The summed E-state index contributed by atoms with van der Waals surface area (Å²) in [6, 6.07) is 8.99. The van der Waals surface area contributed by atoms with Gasteiger partial charge in [0.2, 0.25) is 5.88 Å². The maximum atomic E-state index is 12.2. The Balaban J connectivity index is 1.91. The molecule has 0 saturated heterocycles. The van der Waals surface area contributed by atoms with E-state index in [9.17, 15) is 9.59 Å². The van der Waals surface area contributed by atoms with Gasteiger partial charge in [-0.2, -0.15) is 0 Å². The molecule has 0 aliphatic rings. The Hall–Kier alpha value is -2.86. The molecular weight excluding hydrogens is 320 g/mol. The highest BCUT2D eigenvalue weighted by atomic mass is 35.5. The van der Waals surface area contributed by atoms with Gasteiger partial charge in [0.25, 0.3) is 5.91 Å². The van der Waals surface area contributed by atoms with Crippen LogP contribution in [0.4, 0.5) is 5.69 Å². The van der Waals surface area contributed by atoms with Crippen LogP contribution in [0.5, 0.6) is 5.88 Å². The third-order valence-electron chi connectivity index (χ3n) is 3.12. The van der Waals surface area contributed by atoms with Crippen LogP contribution in [0, 0.1) is 0 Å². The van der Waals surface area contributed by atoms with Crippen molar-refractivity contribution in [2.45, 2.75) is 0 Å². The van der Waals surface area contributed by atoms with Gasteiger partial charge in [0.15, 0.2) is 11.2 Å². The lowest BCUT2D eigenvalue weighted by Gasteiger charge is -2.06. The van der Waals surface area contributed by atoms with Crippen LogP contribution in [-0.4, -0.2) is 18.0 Å². The molecule has 0 aliphatic heterocycles.